The highest BCUT2D eigenvalue weighted by Gasteiger charge is 2.00. The topological polar surface area (TPSA) is 29.9 Å². The van der Waals surface area contributed by atoms with Crippen molar-refractivity contribution in [3.63, 3.8) is 0 Å². The van der Waals surface area contributed by atoms with E-state index < -0.39 is 0 Å². The average molecular weight is 243 g/mol. The third-order valence-corrected chi connectivity index (χ3v) is 2.86. The minimum atomic E-state index is 0.843. The van der Waals surface area contributed by atoms with Crippen molar-refractivity contribution in [1.82, 2.24) is 15.1 Å². The third kappa shape index (κ3) is 3.70. The molecule has 0 aliphatic rings. The lowest BCUT2D eigenvalue weighted by atomic mass is 10.1. The summed E-state index contributed by atoms with van der Waals surface area (Å²) in [5.74, 6) is 0. The maximum atomic E-state index is 4.56. The second kappa shape index (κ2) is 6.36. The molecule has 0 fully saturated rings. The van der Waals surface area contributed by atoms with Crippen molar-refractivity contribution in [3.05, 3.63) is 53.3 Å². The zero-order chi connectivity index (χ0) is 12.8. The highest BCUT2D eigenvalue weighted by atomic mass is 15.3. The van der Waals surface area contributed by atoms with Crippen LogP contribution in [0, 0.1) is 6.92 Å². The summed E-state index contributed by atoms with van der Waals surface area (Å²) >= 11 is 0. The van der Waals surface area contributed by atoms with Gasteiger partial charge < -0.3 is 5.32 Å². The monoisotopic (exact) mass is 243 g/mol. The summed E-state index contributed by atoms with van der Waals surface area (Å²) < 4.78 is 2.00. The summed E-state index contributed by atoms with van der Waals surface area (Å²) in [4.78, 5) is 0. The van der Waals surface area contributed by atoms with Crippen LogP contribution in [0.25, 0.3) is 0 Å². The minimum absolute atomic E-state index is 0.843. The fourth-order valence-electron chi connectivity index (χ4n) is 1.98. The second-order valence-electron chi connectivity index (χ2n) is 4.67. The van der Waals surface area contributed by atoms with Crippen molar-refractivity contribution in [3.8, 4) is 0 Å². The first kappa shape index (κ1) is 12.8. The van der Waals surface area contributed by atoms with Crippen molar-refractivity contribution in [2.75, 3.05) is 6.54 Å². The Hall–Kier alpha value is -1.61. The van der Waals surface area contributed by atoms with Crippen LogP contribution in [0.3, 0.4) is 0 Å². The zero-order valence-electron chi connectivity index (χ0n) is 11.2. The number of hydrogen-bond donors (Lipinski definition) is 1. The van der Waals surface area contributed by atoms with Gasteiger partial charge in [0.1, 0.15) is 0 Å². The first-order valence-electron chi connectivity index (χ1n) is 6.56. The Kier molecular flexibility index (Phi) is 4.53. The summed E-state index contributed by atoms with van der Waals surface area (Å²) in [5, 5.41) is 7.92. The Morgan fingerprint density at radius 2 is 2.17 bits per heavy atom. The second-order valence-corrected chi connectivity index (χ2v) is 4.67. The molecule has 0 saturated carbocycles. The molecule has 3 heteroatoms. The van der Waals surface area contributed by atoms with E-state index in [0.29, 0.717) is 0 Å². The molecule has 18 heavy (non-hydrogen) atoms. The maximum absolute atomic E-state index is 4.56. The van der Waals surface area contributed by atoms with E-state index in [1.807, 2.05) is 10.9 Å². The highest BCUT2D eigenvalue weighted by molar-refractivity contribution is 5.22. The number of rotatable bonds is 6. The molecule has 0 saturated heterocycles. The molecular formula is C15H21N3. The lowest BCUT2D eigenvalue weighted by Gasteiger charge is -2.03. The zero-order valence-corrected chi connectivity index (χ0v) is 11.2. The number of hydrogen-bond acceptors (Lipinski definition) is 2. The molecule has 1 heterocycles. The van der Waals surface area contributed by atoms with Crippen LogP contribution >= 0.6 is 0 Å². The summed E-state index contributed by atoms with van der Waals surface area (Å²) in [6.07, 6.45) is 3.20. The molecule has 0 atom stereocenters. The van der Waals surface area contributed by atoms with Gasteiger partial charge in [-0.3, -0.25) is 4.68 Å². The van der Waals surface area contributed by atoms with E-state index in [2.05, 4.69) is 54.6 Å². The Balaban J connectivity index is 1.94. The first-order chi connectivity index (χ1) is 8.78. The standard InChI is InChI=1S/C15H21N3/c1-3-8-16-11-15-7-9-18(17-15)12-14-6-4-5-13(2)10-14/h4-7,9-10,16H,3,8,11-12H2,1-2H3. The Labute approximate surface area is 109 Å². The van der Waals surface area contributed by atoms with E-state index in [-0.39, 0.29) is 0 Å². The molecule has 3 nitrogen and oxygen atoms in total. The van der Waals surface area contributed by atoms with Crippen LogP contribution in [-0.4, -0.2) is 16.3 Å². The van der Waals surface area contributed by atoms with E-state index in [4.69, 9.17) is 0 Å². The van der Waals surface area contributed by atoms with E-state index in [0.717, 1.165) is 31.7 Å². The van der Waals surface area contributed by atoms with Crippen LogP contribution < -0.4 is 5.32 Å². The molecule has 0 amide bonds. The fourth-order valence-corrected chi connectivity index (χ4v) is 1.98. The van der Waals surface area contributed by atoms with Gasteiger partial charge in [-0.05, 0) is 31.5 Å². The van der Waals surface area contributed by atoms with Crippen LogP contribution in [0.2, 0.25) is 0 Å². The van der Waals surface area contributed by atoms with Crippen LogP contribution in [0.1, 0.15) is 30.2 Å². The number of nitrogens with one attached hydrogen (secondary N) is 1. The SMILES string of the molecule is CCCNCc1ccn(Cc2cccc(C)c2)n1. The number of benzene rings is 1. The molecule has 0 unspecified atom stereocenters. The summed E-state index contributed by atoms with van der Waals surface area (Å²) in [5.41, 5.74) is 3.70. The van der Waals surface area contributed by atoms with Gasteiger partial charge in [-0.1, -0.05) is 36.8 Å². The van der Waals surface area contributed by atoms with Gasteiger partial charge >= 0.3 is 0 Å². The van der Waals surface area contributed by atoms with Gasteiger partial charge in [0.25, 0.3) is 0 Å². The number of aryl methyl sites for hydroxylation is 1. The summed E-state index contributed by atoms with van der Waals surface area (Å²) in [6, 6.07) is 10.6. The average Bonchev–Trinajstić information content (AvgIpc) is 2.77. The molecule has 2 aromatic rings. The predicted molar refractivity (Wildman–Crippen MR) is 74.5 cm³/mol. The van der Waals surface area contributed by atoms with Crippen LogP contribution in [0.4, 0.5) is 0 Å². The third-order valence-electron chi connectivity index (χ3n) is 2.86. The van der Waals surface area contributed by atoms with Crippen molar-refractivity contribution in [2.24, 2.45) is 0 Å². The van der Waals surface area contributed by atoms with Gasteiger partial charge in [-0.15, -0.1) is 0 Å². The highest BCUT2D eigenvalue weighted by Crippen LogP contribution is 2.06. The Morgan fingerprint density at radius 1 is 1.28 bits per heavy atom. The van der Waals surface area contributed by atoms with E-state index in [9.17, 15) is 0 Å². The van der Waals surface area contributed by atoms with E-state index in [1.54, 1.807) is 0 Å². The molecule has 0 bridgehead atoms. The summed E-state index contributed by atoms with van der Waals surface area (Å²) in [7, 11) is 0. The van der Waals surface area contributed by atoms with Crippen molar-refractivity contribution in [1.29, 1.82) is 0 Å². The van der Waals surface area contributed by atoms with Gasteiger partial charge in [0.05, 0.1) is 12.2 Å². The molecule has 2 rings (SSSR count). The smallest absolute Gasteiger partial charge is 0.0762 e. The lowest BCUT2D eigenvalue weighted by molar-refractivity contribution is 0.628. The molecule has 1 aromatic heterocycles. The first-order valence-corrected chi connectivity index (χ1v) is 6.56. The van der Waals surface area contributed by atoms with Crippen molar-refractivity contribution < 1.29 is 0 Å². The Morgan fingerprint density at radius 3 is 2.94 bits per heavy atom. The van der Waals surface area contributed by atoms with E-state index >= 15 is 0 Å². The molecular weight excluding hydrogens is 222 g/mol. The van der Waals surface area contributed by atoms with E-state index in [1.165, 1.54) is 11.1 Å². The van der Waals surface area contributed by atoms with Crippen molar-refractivity contribution in [2.45, 2.75) is 33.4 Å². The molecule has 0 aliphatic carbocycles. The van der Waals surface area contributed by atoms with Gasteiger partial charge in [0.2, 0.25) is 0 Å². The Bertz CT molecular complexity index is 488. The molecule has 1 N–H and O–H groups in total. The molecule has 0 spiro atoms. The molecule has 96 valence electrons. The van der Waals surface area contributed by atoms with Crippen LogP contribution in [0.15, 0.2) is 36.5 Å². The van der Waals surface area contributed by atoms with Crippen LogP contribution in [0.5, 0.6) is 0 Å². The normalized spacial score (nSPS) is 10.8. The fraction of sp³-hybridized carbons (Fsp3) is 0.400. The molecule has 0 aliphatic heterocycles. The van der Waals surface area contributed by atoms with Crippen molar-refractivity contribution >= 4 is 0 Å². The minimum Gasteiger partial charge on any atom is -0.311 e. The largest absolute Gasteiger partial charge is 0.311 e. The predicted octanol–water partition coefficient (Wildman–Crippen LogP) is 2.74. The lowest BCUT2D eigenvalue weighted by Crippen LogP contribution is -2.14. The molecule has 0 radical (unpaired) electrons. The van der Waals surface area contributed by atoms with Gasteiger partial charge in [0, 0.05) is 12.7 Å². The van der Waals surface area contributed by atoms with Gasteiger partial charge in [-0.2, -0.15) is 5.10 Å². The number of nitrogens with zero attached hydrogens (tertiary/aromatic N) is 2. The van der Waals surface area contributed by atoms with Gasteiger partial charge in [-0.25, -0.2) is 0 Å². The molecule has 1 aromatic carbocycles. The maximum Gasteiger partial charge on any atom is 0.0762 e. The quantitative estimate of drug-likeness (QED) is 0.791. The summed E-state index contributed by atoms with van der Waals surface area (Å²) in [6.45, 7) is 7.03. The van der Waals surface area contributed by atoms with Gasteiger partial charge in [0.15, 0.2) is 0 Å². The number of aromatic nitrogens is 2. The van der Waals surface area contributed by atoms with Crippen LogP contribution in [-0.2, 0) is 13.1 Å².